The first-order chi connectivity index (χ1) is 7.58. The summed E-state index contributed by atoms with van der Waals surface area (Å²) in [6, 6.07) is 4.83. The van der Waals surface area contributed by atoms with Crippen LogP contribution >= 0.6 is 11.6 Å². The first-order valence-corrected chi connectivity index (χ1v) is 5.69. The van der Waals surface area contributed by atoms with Crippen molar-refractivity contribution in [3.63, 3.8) is 0 Å². The van der Waals surface area contributed by atoms with E-state index in [2.05, 4.69) is 4.90 Å². The lowest BCUT2D eigenvalue weighted by molar-refractivity contribution is -0.120. The Morgan fingerprint density at radius 1 is 1.50 bits per heavy atom. The van der Waals surface area contributed by atoms with Gasteiger partial charge in [0.1, 0.15) is 11.6 Å². The lowest BCUT2D eigenvalue weighted by Crippen LogP contribution is -2.41. The molecule has 0 saturated carbocycles. The standard InChI is InChI=1S/C12H13ClFNO/c1-8-6-10(16)4-5-15(8)9-2-3-12(14)11(13)7-9/h2-3,7-8H,4-6H2,1H3. The van der Waals surface area contributed by atoms with Crippen molar-refractivity contribution in [1.82, 2.24) is 0 Å². The summed E-state index contributed by atoms with van der Waals surface area (Å²) in [5.41, 5.74) is 0.881. The summed E-state index contributed by atoms with van der Waals surface area (Å²) in [6.45, 7) is 2.68. The average molecular weight is 242 g/mol. The first kappa shape index (κ1) is 11.4. The average Bonchev–Trinajstić information content (AvgIpc) is 2.22. The Kier molecular flexibility index (Phi) is 3.15. The monoisotopic (exact) mass is 241 g/mol. The van der Waals surface area contributed by atoms with Crippen LogP contribution in [0.3, 0.4) is 0 Å². The van der Waals surface area contributed by atoms with Crippen molar-refractivity contribution < 1.29 is 9.18 Å². The zero-order valence-electron chi connectivity index (χ0n) is 9.04. The molecule has 0 spiro atoms. The smallest absolute Gasteiger partial charge is 0.141 e. The number of nitrogens with zero attached hydrogens (tertiary/aromatic N) is 1. The number of benzene rings is 1. The van der Waals surface area contributed by atoms with Crippen molar-refractivity contribution in [1.29, 1.82) is 0 Å². The molecule has 1 fully saturated rings. The second kappa shape index (κ2) is 4.42. The van der Waals surface area contributed by atoms with Crippen LogP contribution in [0, 0.1) is 5.82 Å². The molecule has 1 atom stereocenters. The maximum atomic E-state index is 13.0. The van der Waals surface area contributed by atoms with Crippen LogP contribution in [0.15, 0.2) is 18.2 Å². The zero-order valence-corrected chi connectivity index (χ0v) is 9.80. The second-order valence-electron chi connectivity index (χ2n) is 4.13. The van der Waals surface area contributed by atoms with E-state index in [4.69, 9.17) is 11.6 Å². The number of Topliss-reactive ketones (excluding diaryl/α,β-unsaturated/α-hetero) is 1. The second-order valence-corrected chi connectivity index (χ2v) is 4.54. The highest BCUT2D eigenvalue weighted by Gasteiger charge is 2.23. The zero-order chi connectivity index (χ0) is 11.7. The molecule has 0 amide bonds. The molecule has 0 radical (unpaired) electrons. The lowest BCUT2D eigenvalue weighted by atomic mass is 10.0. The highest BCUT2D eigenvalue weighted by molar-refractivity contribution is 6.31. The SMILES string of the molecule is CC1CC(=O)CCN1c1ccc(F)c(Cl)c1. The van der Waals surface area contributed by atoms with E-state index in [0.717, 1.165) is 5.69 Å². The molecular weight excluding hydrogens is 229 g/mol. The first-order valence-electron chi connectivity index (χ1n) is 5.31. The lowest BCUT2D eigenvalue weighted by Gasteiger charge is -2.34. The van der Waals surface area contributed by atoms with Crippen LogP contribution in [0.2, 0.25) is 5.02 Å². The summed E-state index contributed by atoms with van der Waals surface area (Å²) >= 11 is 5.74. The van der Waals surface area contributed by atoms with Crippen molar-refractivity contribution in [2.75, 3.05) is 11.4 Å². The summed E-state index contributed by atoms with van der Waals surface area (Å²) in [7, 11) is 0. The van der Waals surface area contributed by atoms with Gasteiger partial charge in [-0.15, -0.1) is 0 Å². The number of carbonyl (C=O) groups is 1. The molecule has 16 heavy (non-hydrogen) atoms. The quantitative estimate of drug-likeness (QED) is 0.753. The van der Waals surface area contributed by atoms with Gasteiger partial charge in [0.25, 0.3) is 0 Å². The normalized spacial score (nSPS) is 21.3. The minimum Gasteiger partial charge on any atom is -0.368 e. The van der Waals surface area contributed by atoms with E-state index >= 15 is 0 Å². The number of carbonyl (C=O) groups excluding carboxylic acids is 1. The Bertz CT molecular complexity index is 421. The fourth-order valence-electron chi connectivity index (χ4n) is 2.05. The summed E-state index contributed by atoms with van der Waals surface area (Å²) in [5, 5.41) is 0.126. The molecule has 4 heteroatoms. The largest absolute Gasteiger partial charge is 0.368 e. The maximum Gasteiger partial charge on any atom is 0.141 e. The van der Waals surface area contributed by atoms with E-state index < -0.39 is 5.82 Å². The highest BCUT2D eigenvalue weighted by Crippen LogP contribution is 2.27. The topological polar surface area (TPSA) is 20.3 Å². The molecule has 1 aromatic carbocycles. The van der Waals surface area contributed by atoms with Gasteiger partial charge in [0, 0.05) is 31.1 Å². The fraction of sp³-hybridized carbons (Fsp3) is 0.417. The summed E-state index contributed by atoms with van der Waals surface area (Å²) in [5.74, 6) is -0.122. The van der Waals surface area contributed by atoms with Crippen molar-refractivity contribution in [2.24, 2.45) is 0 Å². The fourth-order valence-corrected chi connectivity index (χ4v) is 2.23. The summed E-state index contributed by atoms with van der Waals surface area (Å²) < 4.78 is 13.0. The van der Waals surface area contributed by atoms with Gasteiger partial charge in [-0.25, -0.2) is 4.39 Å². The van der Waals surface area contributed by atoms with Crippen LogP contribution in [-0.4, -0.2) is 18.4 Å². The van der Waals surface area contributed by atoms with E-state index in [1.807, 2.05) is 6.92 Å². The van der Waals surface area contributed by atoms with Crippen LogP contribution in [0.1, 0.15) is 19.8 Å². The highest BCUT2D eigenvalue weighted by atomic mass is 35.5. The van der Waals surface area contributed by atoms with Crippen LogP contribution in [0.5, 0.6) is 0 Å². The van der Waals surface area contributed by atoms with E-state index in [9.17, 15) is 9.18 Å². The van der Waals surface area contributed by atoms with Crippen molar-refractivity contribution in [3.8, 4) is 0 Å². The van der Waals surface area contributed by atoms with Crippen LogP contribution < -0.4 is 4.90 Å². The molecule has 1 saturated heterocycles. The number of hydrogen-bond acceptors (Lipinski definition) is 2. The van der Waals surface area contributed by atoms with Gasteiger partial charge in [-0.05, 0) is 25.1 Å². The molecule has 1 aliphatic rings. The minimum absolute atomic E-state index is 0.126. The summed E-state index contributed by atoms with van der Waals surface area (Å²) in [6.07, 6.45) is 1.11. The summed E-state index contributed by atoms with van der Waals surface area (Å²) in [4.78, 5) is 13.3. The van der Waals surface area contributed by atoms with Crippen LogP contribution in [0.4, 0.5) is 10.1 Å². The van der Waals surface area contributed by atoms with Gasteiger partial charge in [-0.3, -0.25) is 4.79 Å². The maximum absolute atomic E-state index is 13.0. The molecule has 0 aliphatic carbocycles. The van der Waals surface area contributed by atoms with E-state index in [1.54, 1.807) is 12.1 Å². The molecular formula is C12H13ClFNO. The van der Waals surface area contributed by atoms with Gasteiger partial charge in [-0.1, -0.05) is 11.6 Å². The molecule has 2 rings (SSSR count). The Labute approximate surface area is 99.0 Å². The molecule has 0 aromatic heterocycles. The molecule has 86 valence electrons. The number of halogens is 2. The van der Waals surface area contributed by atoms with Gasteiger partial charge < -0.3 is 4.90 Å². The molecule has 1 heterocycles. The van der Waals surface area contributed by atoms with Crippen molar-refractivity contribution >= 4 is 23.1 Å². The third kappa shape index (κ3) is 2.19. The molecule has 0 bridgehead atoms. The number of ketones is 1. The number of hydrogen-bond donors (Lipinski definition) is 0. The van der Waals surface area contributed by atoms with Crippen LogP contribution in [0.25, 0.3) is 0 Å². The predicted molar refractivity (Wildman–Crippen MR) is 62.5 cm³/mol. The predicted octanol–water partition coefficient (Wildman–Crippen LogP) is 3.04. The Balaban J connectivity index is 2.23. The van der Waals surface area contributed by atoms with Crippen molar-refractivity contribution in [3.05, 3.63) is 29.0 Å². The molecule has 2 nitrogen and oxygen atoms in total. The van der Waals surface area contributed by atoms with Crippen LogP contribution in [-0.2, 0) is 4.79 Å². The molecule has 1 aromatic rings. The van der Waals surface area contributed by atoms with Gasteiger partial charge >= 0.3 is 0 Å². The number of rotatable bonds is 1. The number of anilines is 1. The van der Waals surface area contributed by atoms with Gasteiger partial charge in [0.05, 0.1) is 5.02 Å². The van der Waals surface area contributed by atoms with Gasteiger partial charge in [0.2, 0.25) is 0 Å². The Morgan fingerprint density at radius 3 is 2.88 bits per heavy atom. The van der Waals surface area contributed by atoms with Gasteiger partial charge in [0.15, 0.2) is 0 Å². The van der Waals surface area contributed by atoms with Crippen molar-refractivity contribution in [2.45, 2.75) is 25.8 Å². The molecule has 0 N–H and O–H groups in total. The number of piperidine rings is 1. The molecule has 1 aliphatic heterocycles. The Hall–Kier alpha value is -1.09. The van der Waals surface area contributed by atoms with E-state index in [1.165, 1.54) is 6.07 Å². The minimum atomic E-state index is -0.411. The van der Waals surface area contributed by atoms with Gasteiger partial charge in [-0.2, -0.15) is 0 Å². The third-order valence-electron chi connectivity index (χ3n) is 2.92. The van der Waals surface area contributed by atoms with E-state index in [-0.39, 0.29) is 16.8 Å². The third-order valence-corrected chi connectivity index (χ3v) is 3.21. The molecule has 1 unspecified atom stereocenters. The Morgan fingerprint density at radius 2 is 2.25 bits per heavy atom. The van der Waals surface area contributed by atoms with E-state index in [0.29, 0.717) is 19.4 Å².